The highest BCUT2D eigenvalue weighted by Gasteiger charge is 2.26. The van der Waals surface area contributed by atoms with Gasteiger partial charge in [0, 0.05) is 19.3 Å². The van der Waals surface area contributed by atoms with Crippen LogP contribution in [0.4, 0.5) is 0 Å². The lowest BCUT2D eigenvalue weighted by Crippen LogP contribution is -2.26. The summed E-state index contributed by atoms with van der Waals surface area (Å²) in [6.45, 7) is 11.1. The average Bonchev–Trinajstić information content (AvgIpc) is 2.65. The molecule has 1 aliphatic rings. The van der Waals surface area contributed by atoms with Crippen LogP contribution in [0, 0.1) is 11.3 Å². The van der Waals surface area contributed by atoms with Crippen molar-refractivity contribution >= 4 is 0 Å². The summed E-state index contributed by atoms with van der Waals surface area (Å²) in [5.41, 5.74) is 8.32. The number of pyridine rings is 1. The van der Waals surface area contributed by atoms with Gasteiger partial charge in [-0.15, -0.1) is 0 Å². The zero-order chi connectivity index (χ0) is 14.6. The zero-order valence-electron chi connectivity index (χ0n) is 13.2. The van der Waals surface area contributed by atoms with Crippen molar-refractivity contribution in [3.8, 4) is 0 Å². The summed E-state index contributed by atoms with van der Waals surface area (Å²) in [6, 6.07) is 4.21. The first-order valence-electron chi connectivity index (χ1n) is 7.85. The van der Waals surface area contributed by atoms with Crippen molar-refractivity contribution in [2.75, 3.05) is 13.1 Å². The van der Waals surface area contributed by atoms with Crippen LogP contribution in [-0.4, -0.2) is 23.0 Å². The Labute approximate surface area is 123 Å². The Morgan fingerprint density at radius 2 is 2.05 bits per heavy atom. The van der Waals surface area contributed by atoms with Gasteiger partial charge in [-0.05, 0) is 55.3 Å². The highest BCUT2D eigenvalue weighted by atomic mass is 15.1. The van der Waals surface area contributed by atoms with Crippen molar-refractivity contribution in [2.45, 2.75) is 53.1 Å². The highest BCUT2D eigenvalue weighted by Crippen LogP contribution is 2.34. The predicted octanol–water partition coefficient (Wildman–Crippen LogP) is 3.19. The molecule has 112 valence electrons. The molecule has 3 heteroatoms. The van der Waals surface area contributed by atoms with Gasteiger partial charge in [-0.1, -0.05) is 26.8 Å². The molecule has 2 rings (SSSR count). The smallest absolute Gasteiger partial charge is 0.0544 e. The quantitative estimate of drug-likeness (QED) is 0.921. The number of nitrogens with zero attached hydrogens (tertiary/aromatic N) is 2. The molecule has 0 aliphatic carbocycles. The minimum absolute atomic E-state index is 0.442. The molecule has 1 saturated heterocycles. The summed E-state index contributed by atoms with van der Waals surface area (Å²) < 4.78 is 0. The van der Waals surface area contributed by atoms with Crippen molar-refractivity contribution in [2.24, 2.45) is 17.1 Å². The fourth-order valence-corrected chi connectivity index (χ4v) is 3.08. The molecule has 3 nitrogen and oxygen atoms in total. The Morgan fingerprint density at radius 3 is 2.65 bits per heavy atom. The molecule has 0 amide bonds. The van der Waals surface area contributed by atoms with E-state index in [1.165, 1.54) is 32.4 Å². The first-order valence-corrected chi connectivity index (χ1v) is 7.85. The molecule has 1 aromatic rings. The number of hydrogen-bond donors (Lipinski definition) is 1. The molecule has 1 aliphatic heterocycles. The lowest BCUT2D eigenvalue weighted by molar-refractivity contribution is 0.206. The van der Waals surface area contributed by atoms with Gasteiger partial charge in [-0.3, -0.25) is 9.88 Å². The third-order valence-corrected chi connectivity index (χ3v) is 4.55. The Kier molecular flexibility index (Phi) is 5.17. The molecule has 1 unspecified atom stereocenters. The first-order chi connectivity index (χ1) is 9.49. The van der Waals surface area contributed by atoms with Crippen LogP contribution in [0.15, 0.2) is 18.3 Å². The average molecular weight is 275 g/mol. The molecular weight excluding hydrogens is 246 g/mol. The van der Waals surface area contributed by atoms with Crippen LogP contribution < -0.4 is 5.73 Å². The van der Waals surface area contributed by atoms with E-state index in [0.717, 1.165) is 23.7 Å². The Balaban J connectivity index is 1.90. The second-order valence-corrected chi connectivity index (χ2v) is 7.13. The largest absolute Gasteiger partial charge is 0.326 e. The number of rotatable bonds is 3. The summed E-state index contributed by atoms with van der Waals surface area (Å²) in [7, 11) is 0. The maximum atomic E-state index is 5.61. The van der Waals surface area contributed by atoms with E-state index in [0.29, 0.717) is 12.0 Å². The van der Waals surface area contributed by atoms with E-state index in [4.69, 9.17) is 5.73 Å². The van der Waals surface area contributed by atoms with Crippen LogP contribution in [0.25, 0.3) is 0 Å². The van der Waals surface area contributed by atoms with E-state index < -0.39 is 0 Å². The lowest BCUT2D eigenvalue weighted by atomic mass is 9.77. The molecule has 1 fully saturated rings. The predicted molar refractivity (Wildman–Crippen MR) is 84.2 cm³/mol. The summed E-state index contributed by atoms with van der Waals surface area (Å²) in [5.74, 6) is 0.847. The van der Waals surface area contributed by atoms with Crippen molar-refractivity contribution in [1.29, 1.82) is 0 Å². The molecule has 2 N–H and O–H groups in total. The van der Waals surface area contributed by atoms with Crippen molar-refractivity contribution in [1.82, 2.24) is 9.88 Å². The van der Waals surface area contributed by atoms with Gasteiger partial charge in [0.1, 0.15) is 0 Å². The fourth-order valence-electron chi connectivity index (χ4n) is 3.08. The van der Waals surface area contributed by atoms with Gasteiger partial charge in [0.2, 0.25) is 0 Å². The van der Waals surface area contributed by atoms with Crippen LogP contribution in [0.2, 0.25) is 0 Å². The van der Waals surface area contributed by atoms with Gasteiger partial charge in [0.05, 0.1) is 5.69 Å². The third-order valence-electron chi connectivity index (χ3n) is 4.55. The topological polar surface area (TPSA) is 42.1 Å². The van der Waals surface area contributed by atoms with Gasteiger partial charge >= 0.3 is 0 Å². The summed E-state index contributed by atoms with van der Waals surface area (Å²) in [4.78, 5) is 7.07. The standard InChI is InChI=1S/C17H29N3/c1-17(2,3)15-5-4-9-20(10-8-15)13-16-7-6-14(11-18)12-19-16/h6-7,12,15H,4-5,8-11,13,18H2,1-3H3. The summed E-state index contributed by atoms with van der Waals surface area (Å²) in [5, 5.41) is 0. The number of aromatic nitrogens is 1. The molecular formula is C17H29N3. The van der Waals surface area contributed by atoms with Gasteiger partial charge in [-0.25, -0.2) is 0 Å². The Hall–Kier alpha value is -0.930. The van der Waals surface area contributed by atoms with Crippen LogP contribution in [0.5, 0.6) is 0 Å². The number of nitrogens with two attached hydrogens (primary N) is 1. The van der Waals surface area contributed by atoms with E-state index in [2.05, 4.69) is 42.8 Å². The minimum atomic E-state index is 0.442. The fraction of sp³-hybridized carbons (Fsp3) is 0.706. The van der Waals surface area contributed by atoms with Crippen LogP contribution in [0.1, 0.15) is 51.3 Å². The number of likely N-dealkylation sites (tertiary alicyclic amines) is 1. The second-order valence-electron chi connectivity index (χ2n) is 7.13. The van der Waals surface area contributed by atoms with Crippen LogP contribution in [-0.2, 0) is 13.1 Å². The summed E-state index contributed by atoms with van der Waals surface area (Å²) >= 11 is 0. The van der Waals surface area contributed by atoms with E-state index in [-0.39, 0.29) is 0 Å². The molecule has 0 saturated carbocycles. The highest BCUT2D eigenvalue weighted by molar-refractivity contribution is 5.13. The number of hydrogen-bond acceptors (Lipinski definition) is 3. The van der Waals surface area contributed by atoms with E-state index in [9.17, 15) is 0 Å². The molecule has 2 heterocycles. The van der Waals surface area contributed by atoms with Crippen molar-refractivity contribution in [3.63, 3.8) is 0 Å². The van der Waals surface area contributed by atoms with Gasteiger partial charge in [0.25, 0.3) is 0 Å². The molecule has 0 radical (unpaired) electrons. The van der Waals surface area contributed by atoms with E-state index in [1.54, 1.807) is 0 Å². The lowest BCUT2D eigenvalue weighted by Gasteiger charge is -2.29. The minimum Gasteiger partial charge on any atom is -0.326 e. The van der Waals surface area contributed by atoms with Gasteiger partial charge in [0.15, 0.2) is 0 Å². The SMILES string of the molecule is CC(C)(C)C1CCCN(Cc2ccc(CN)cn2)CC1. The molecule has 20 heavy (non-hydrogen) atoms. The monoisotopic (exact) mass is 275 g/mol. The van der Waals surface area contributed by atoms with E-state index >= 15 is 0 Å². The Morgan fingerprint density at radius 1 is 1.25 bits per heavy atom. The van der Waals surface area contributed by atoms with Crippen molar-refractivity contribution < 1.29 is 0 Å². The van der Waals surface area contributed by atoms with Crippen molar-refractivity contribution in [3.05, 3.63) is 29.6 Å². The second kappa shape index (κ2) is 6.68. The molecule has 1 aromatic heterocycles. The van der Waals surface area contributed by atoms with Gasteiger partial charge in [-0.2, -0.15) is 0 Å². The van der Waals surface area contributed by atoms with Crippen LogP contribution in [0.3, 0.4) is 0 Å². The molecule has 1 atom stereocenters. The van der Waals surface area contributed by atoms with E-state index in [1.807, 2.05) is 6.20 Å². The third kappa shape index (κ3) is 4.29. The molecule has 0 aromatic carbocycles. The maximum Gasteiger partial charge on any atom is 0.0544 e. The normalized spacial score (nSPS) is 21.7. The first kappa shape index (κ1) is 15.5. The van der Waals surface area contributed by atoms with Crippen LogP contribution >= 0.6 is 0 Å². The molecule has 0 spiro atoms. The Bertz CT molecular complexity index is 405. The molecule has 0 bridgehead atoms. The summed E-state index contributed by atoms with van der Waals surface area (Å²) in [6.07, 6.45) is 5.89. The maximum absolute atomic E-state index is 5.61. The van der Waals surface area contributed by atoms with Gasteiger partial charge < -0.3 is 5.73 Å². The zero-order valence-corrected chi connectivity index (χ0v) is 13.2.